The van der Waals surface area contributed by atoms with Gasteiger partial charge in [0.25, 0.3) is 5.91 Å². The Hall–Kier alpha value is -2.01. The number of nitrogens with one attached hydrogen (secondary N) is 1. The van der Waals surface area contributed by atoms with Crippen molar-refractivity contribution in [3.63, 3.8) is 0 Å². The summed E-state index contributed by atoms with van der Waals surface area (Å²) in [7, 11) is 1.58. The first-order valence-electron chi connectivity index (χ1n) is 6.00. The van der Waals surface area contributed by atoms with Crippen LogP contribution in [-0.2, 0) is 6.54 Å². The Morgan fingerprint density at radius 2 is 2.05 bits per heavy atom. The Balaban J connectivity index is 2.11. The normalized spacial score (nSPS) is 10.1. The lowest BCUT2D eigenvalue weighted by Gasteiger charge is -2.10. The van der Waals surface area contributed by atoms with Gasteiger partial charge in [-0.15, -0.1) is 0 Å². The van der Waals surface area contributed by atoms with Crippen LogP contribution < -0.4 is 10.1 Å². The standard InChI is InChI=1S/C15H14BrNO3/c1-20-14-5-3-2-4-10(14)9-17-15(19)12-8-11(16)6-7-13(12)18/h2-8,18H,9H2,1H3,(H,17,19). The van der Waals surface area contributed by atoms with Gasteiger partial charge in [0.15, 0.2) is 0 Å². The fraction of sp³-hybridized carbons (Fsp3) is 0.133. The number of halogens is 1. The minimum Gasteiger partial charge on any atom is -0.507 e. The minimum absolute atomic E-state index is 0.0503. The maximum absolute atomic E-state index is 12.1. The average molecular weight is 336 g/mol. The molecule has 0 aliphatic carbocycles. The highest BCUT2D eigenvalue weighted by Gasteiger charge is 2.12. The molecule has 5 heteroatoms. The lowest BCUT2D eigenvalue weighted by atomic mass is 10.1. The van der Waals surface area contributed by atoms with Crippen molar-refractivity contribution in [1.29, 1.82) is 0 Å². The molecule has 0 radical (unpaired) electrons. The van der Waals surface area contributed by atoms with Gasteiger partial charge < -0.3 is 15.2 Å². The number of carbonyl (C=O) groups excluding carboxylic acids is 1. The zero-order chi connectivity index (χ0) is 14.5. The topological polar surface area (TPSA) is 58.6 Å². The largest absolute Gasteiger partial charge is 0.507 e. The molecular formula is C15H14BrNO3. The molecule has 0 unspecified atom stereocenters. The van der Waals surface area contributed by atoms with Crippen molar-refractivity contribution in [2.75, 3.05) is 7.11 Å². The van der Waals surface area contributed by atoms with Crippen molar-refractivity contribution in [2.24, 2.45) is 0 Å². The number of rotatable bonds is 4. The van der Waals surface area contributed by atoms with Crippen molar-refractivity contribution < 1.29 is 14.6 Å². The molecule has 2 aromatic carbocycles. The van der Waals surface area contributed by atoms with Crippen LogP contribution in [0.15, 0.2) is 46.9 Å². The summed E-state index contributed by atoms with van der Waals surface area (Å²) in [6.07, 6.45) is 0. The molecular weight excluding hydrogens is 322 g/mol. The Bertz CT molecular complexity index is 628. The molecule has 0 atom stereocenters. The summed E-state index contributed by atoms with van der Waals surface area (Å²) in [6, 6.07) is 12.2. The molecule has 0 heterocycles. The molecule has 0 aromatic heterocycles. The number of carbonyl (C=O) groups is 1. The average Bonchev–Trinajstić information content (AvgIpc) is 2.47. The second-order valence-electron chi connectivity index (χ2n) is 4.16. The monoisotopic (exact) mass is 335 g/mol. The van der Waals surface area contributed by atoms with E-state index in [4.69, 9.17) is 4.74 Å². The van der Waals surface area contributed by atoms with Crippen LogP contribution in [0.4, 0.5) is 0 Å². The molecule has 4 nitrogen and oxygen atoms in total. The van der Waals surface area contributed by atoms with Crippen LogP contribution in [0, 0.1) is 0 Å². The molecule has 0 saturated heterocycles. The molecule has 20 heavy (non-hydrogen) atoms. The highest BCUT2D eigenvalue weighted by Crippen LogP contribution is 2.22. The van der Waals surface area contributed by atoms with Crippen molar-refractivity contribution >= 4 is 21.8 Å². The molecule has 2 aromatic rings. The van der Waals surface area contributed by atoms with Crippen molar-refractivity contribution in [2.45, 2.75) is 6.54 Å². The highest BCUT2D eigenvalue weighted by molar-refractivity contribution is 9.10. The highest BCUT2D eigenvalue weighted by atomic mass is 79.9. The summed E-state index contributed by atoms with van der Waals surface area (Å²) in [6.45, 7) is 0.328. The first-order chi connectivity index (χ1) is 9.61. The molecule has 0 spiro atoms. The third-order valence-electron chi connectivity index (χ3n) is 2.84. The first-order valence-corrected chi connectivity index (χ1v) is 6.79. The van der Waals surface area contributed by atoms with Crippen LogP contribution >= 0.6 is 15.9 Å². The smallest absolute Gasteiger partial charge is 0.255 e. The van der Waals surface area contributed by atoms with Gasteiger partial charge in [0.1, 0.15) is 11.5 Å². The molecule has 0 aliphatic rings. The number of methoxy groups -OCH3 is 1. The Labute approximate surface area is 125 Å². The van der Waals surface area contributed by atoms with Gasteiger partial charge in [0.2, 0.25) is 0 Å². The van der Waals surface area contributed by atoms with Crippen LogP contribution in [0.3, 0.4) is 0 Å². The maximum Gasteiger partial charge on any atom is 0.255 e. The van der Waals surface area contributed by atoms with Crippen LogP contribution in [0.5, 0.6) is 11.5 Å². The molecule has 0 aliphatic heterocycles. The molecule has 0 saturated carbocycles. The van der Waals surface area contributed by atoms with E-state index in [1.54, 1.807) is 19.2 Å². The fourth-order valence-electron chi connectivity index (χ4n) is 1.81. The van der Waals surface area contributed by atoms with E-state index in [2.05, 4.69) is 21.2 Å². The number of aromatic hydroxyl groups is 1. The second kappa shape index (κ2) is 6.43. The number of para-hydroxylation sites is 1. The summed E-state index contributed by atoms with van der Waals surface area (Å²) in [4.78, 5) is 12.1. The van der Waals surface area contributed by atoms with E-state index in [0.717, 1.165) is 10.0 Å². The quantitative estimate of drug-likeness (QED) is 0.902. The summed E-state index contributed by atoms with van der Waals surface area (Å²) in [5.41, 5.74) is 1.10. The zero-order valence-electron chi connectivity index (χ0n) is 10.9. The number of ether oxygens (including phenoxy) is 1. The predicted octanol–water partition coefficient (Wildman–Crippen LogP) is 3.09. The van der Waals surface area contributed by atoms with Gasteiger partial charge in [-0.3, -0.25) is 4.79 Å². The molecule has 2 N–H and O–H groups in total. The first kappa shape index (κ1) is 14.4. The van der Waals surface area contributed by atoms with Crippen LogP contribution in [0.2, 0.25) is 0 Å². The number of hydrogen-bond donors (Lipinski definition) is 2. The summed E-state index contributed by atoms with van der Waals surface area (Å²) in [5, 5.41) is 12.5. The van der Waals surface area contributed by atoms with E-state index < -0.39 is 0 Å². The summed E-state index contributed by atoms with van der Waals surface area (Å²) < 4.78 is 5.95. The van der Waals surface area contributed by atoms with E-state index in [1.807, 2.05) is 24.3 Å². The van der Waals surface area contributed by atoms with Gasteiger partial charge in [-0.25, -0.2) is 0 Å². The van der Waals surface area contributed by atoms with Crippen molar-refractivity contribution in [3.05, 3.63) is 58.1 Å². The molecule has 0 bridgehead atoms. The van der Waals surface area contributed by atoms with Gasteiger partial charge in [-0.2, -0.15) is 0 Å². The van der Waals surface area contributed by atoms with Gasteiger partial charge in [0.05, 0.1) is 12.7 Å². The fourth-order valence-corrected chi connectivity index (χ4v) is 2.17. The van der Waals surface area contributed by atoms with Crippen LogP contribution in [0.25, 0.3) is 0 Å². The number of amides is 1. The SMILES string of the molecule is COc1ccccc1CNC(=O)c1cc(Br)ccc1O. The molecule has 2 rings (SSSR count). The number of benzene rings is 2. The Morgan fingerprint density at radius 1 is 1.30 bits per heavy atom. The van der Waals surface area contributed by atoms with Gasteiger partial charge in [-0.05, 0) is 24.3 Å². The molecule has 1 amide bonds. The van der Waals surface area contributed by atoms with Crippen LogP contribution in [0.1, 0.15) is 15.9 Å². The van der Waals surface area contributed by atoms with Gasteiger partial charge in [-0.1, -0.05) is 34.1 Å². The Morgan fingerprint density at radius 3 is 2.80 bits per heavy atom. The lowest BCUT2D eigenvalue weighted by Crippen LogP contribution is -2.23. The Kier molecular flexibility index (Phi) is 4.63. The predicted molar refractivity (Wildman–Crippen MR) is 80.0 cm³/mol. The zero-order valence-corrected chi connectivity index (χ0v) is 12.5. The number of hydrogen-bond acceptors (Lipinski definition) is 3. The van der Waals surface area contributed by atoms with Crippen molar-refractivity contribution in [1.82, 2.24) is 5.32 Å². The molecule has 0 fully saturated rings. The van der Waals surface area contributed by atoms with E-state index >= 15 is 0 Å². The van der Waals surface area contributed by atoms with Gasteiger partial charge >= 0.3 is 0 Å². The maximum atomic E-state index is 12.1. The second-order valence-corrected chi connectivity index (χ2v) is 5.07. The van der Waals surface area contributed by atoms with Crippen LogP contribution in [-0.4, -0.2) is 18.1 Å². The van der Waals surface area contributed by atoms with Gasteiger partial charge in [0, 0.05) is 16.6 Å². The van der Waals surface area contributed by atoms with Crippen molar-refractivity contribution in [3.8, 4) is 11.5 Å². The van der Waals surface area contributed by atoms with E-state index in [-0.39, 0.29) is 17.2 Å². The lowest BCUT2D eigenvalue weighted by molar-refractivity contribution is 0.0948. The summed E-state index contributed by atoms with van der Waals surface area (Å²) in [5.74, 6) is 0.326. The van der Waals surface area contributed by atoms with E-state index in [0.29, 0.717) is 12.3 Å². The summed E-state index contributed by atoms with van der Waals surface area (Å²) >= 11 is 3.27. The third-order valence-corrected chi connectivity index (χ3v) is 3.33. The van der Waals surface area contributed by atoms with E-state index in [1.165, 1.54) is 6.07 Å². The minimum atomic E-state index is -0.338. The number of phenolic OH excluding ortho intramolecular Hbond substituents is 1. The van der Waals surface area contributed by atoms with E-state index in [9.17, 15) is 9.90 Å². The number of phenols is 1. The third kappa shape index (κ3) is 3.30. The molecule has 104 valence electrons.